The van der Waals surface area contributed by atoms with Crippen molar-refractivity contribution in [3.63, 3.8) is 0 Å². The molecule has 0 fully saturated rings. The van der Waals surface area contributed by atoms with Crippen molar-refractivity contribution in [2.45, 2.75) is 61.3 Å². The van der Waals surface area contributed by atoms with E-state index in [1.807, 2.05) is 0 Å². The van der Waals surface area contributed by atoms with Crippen LogP contribution in [0.15, 0.2) is 12.2 Å². The van der Waals surface area contributed by atoms with Crippen LogP contribution in [0.25, 0.3) is 0 Å². The predicted molar refractivity (Wildman–Crippen MR) is 104 cm³/mol. The first-order valence-corrected chi connectivity index (χ1v) is 12.9. The Morgan fingerprint density at radius 1 is 1.12 bits per heavy atom. The summed E-state index contributed by atoms with van der Waals surface area (Å²) in [5.41, 5.74) is 0. The highest BCUT2D eigenvalue weighted by Crippen LogP contribution is 2.26. The van der Waals surface area contributed by atoms with E-state index >= 15 is 0 Å². The average molecular weight is 434 g/mol. The van der Waals surface area contributed by atoms with Crippen LogP contribution in [0.5, 0.6) is 0 Å². The minimum Gasteiger partial charge on any atom is -0.466 e. The summed E-state index contributed by atoms with van der Waals surface area (Å²) in [7, 11) is -1.23. The van der Waals surface area contributed by atoms with E-state index in [1.165, 1.54) is 0 Å². The molecule has 0 bridgehead atoms. The van der Waals surface area contributed by atoms with Crippen LogP contribution < -0.4 is 0 Å². The van der Waals surface area contributed by atoms with Crippen LogP contribution in [0.2, 0.25) is 25.7 Å². The molecule has 0 saturated carbocycles. The monoisotopic (exact) mass is 432 g/mol. The standard InChI is InChI=1S/C16H27Cl3O5Si/c1-25(2,3)10-9-23-15(22)11-13(20)7-5-4-6-8-14(21)24-12-16(17,18)19/h4-5,13,20H,6-12H2,1-3H3/b5-4-/t13-/m1/s1. The third-order valence-corrected chi connectivity index (χ3v) is 5.04. The maximum absolute atomic E-state index is 11.6. The van der Waals surface area contributed by atoms with Gasteiger partial charge in [0.2, 0.25) is 3.79 Å². The number of carbonyl (C=O) groups is 2. The van der Waals surface area contributed by atoms with Gasteiger partial charge in [-0.05, 0) is 18.9 Å². The molecule has 0 unspecified atom stereocenters. The molecule has 5 nitrogen and oxygen atoms in total. The summed E-state index contributed by atoms with van der Waals surface area (Å²) in [6.07, 6.45) is 3.50. The van der Waals surface area contributed by atoms with Gasteiger partial charge in [0, 0.05) is 14.5 Å². The van der Waals surface area contributed by atoms with Gasteiger partial charge in [0.1, 0.15) is 6.61 Å². The van der Waals surface area contributed by atoms with E-state index in [0.29, 0.717) is 19.4 Å². The number of carbonyl (C=O) groups excluding carboxylic acids is 2. The van der Waals surface area contributed by atoms with Gasteiger partial charge < -0.3 is 14.6 Å². The minimum atomic E-state index is -1.61. The maximum atomic E-state index is 11.6. The molecule has 0 aliphatic heterocycles. The molecule has 146 valence electrons. The van der Waals surface area contributed by atoms with Crippen molar-refractivity contribution in [1.29, 1.82) is 0 Å². The lowest BCUT2D eigenvalue weighted by Gasteiger charge is -2.15. The third kappa shape index (κ3) is 18.3. The molecule has 0 heterocycles. The van der Waals surface area contributed by atoms with Crippen LogP contribution in [-0.4, -0.2) is 48.2 Å². The minimum absolute atomic E-state index is 0.0403. The molecule has 9 heteroatoms. The number of allylic oxidation sites excluding steroid dienone is 1. The van der Waals surface area contributed by atoms with Crippen LogP contribution in [0.1, 0.15) is 25.7 Å². The van der Waals surface area contributed by atoms with E-state index in [4.69, 9.17) is 44.3 Å². The summed E-state index contributed by atoms with van der Waals surface area (Å²) < 4.78 is 8.28. The molecule has 0 aromatic carbocycles. The molecule has 1 atom stereocenters. The summed E-state index contributed by atoms with van der Waals surface area (Å²) in [6, 6.07) is 0.906. The van der Waals surface area contributed by atoms with Gasteiger partial charge in [-0.2, -0.15) is 0 Å². The number of ether oxygens (including phenoxy) is 2. The topological polar surface area (TPSA) is 72.8 Å². The van der Waals surface area contributed by atoms with E-state index < -0.39 is 29.9 Å². The fourth-order valence-corrected chi connectivity index (χ4v) is 2.49. The molecule has 0 saturated heterocycles. The lowest BCUT2D eigenvalue weighted by Crippen LogP contribution is -2.23. The van der Waals surface area contributed by atoms with Gasteiger partial charge in [0.15, 0.2) is 0 Å². The highest BCUT2D eigenvalue weighted by atomic mass is 35.6. The van der Waals surface area contributed by atoms with Gasteiger partial charge in [0.25, 0.3) is 0 Å². The van der Waals surface area contributed by atoms with Crippen molar-refractivity contribution in [3.05, 3.63) is 12.2 Å². The lowest BCUT2D eigenvalue weighted by atomic mass is 10.1. The second-order valence-corrected chi connectivity index (χ2v) is 15.0. The second kappa shape index (κ2) is 12.2. The van der Waals surface area contributed by atoms with Crippen molar-refractivity contribution in [2.24, 2.45) is 0 Å². The van der Waals surface area contributed by atoms with Crippen LogP contribution in [0, 0.1) is 0 Å². The van der Waals surface area contributed by atoms with Gasteiger partial charge in [-0.25, -0.2) is 0 Å². The van der Waals surface area contributed by atoms with Gasteiger partial charge in [-0.1, -0.05) is 66.6 Å². The van der Waals surface area contributed by atoms with E-state index in [0.717, 1.165) is 6.04 Å². The molecule has 0 aromatic rings. The number of hydrogen-bond acceptors (Lipinski definition) is 5. The Morgan fingerprint density at radius 3 is 2.32 bits per heavy atom. The Hall–Kier alpha value is -0.273. The second-order valence-electron chi connectivity index (χ2n) is 6.91. The van der Waals surface area contributed by atoms with Crippen LogP contribution >= 0.6 is 34.8 Å². The van der Waals surface area contributed by atoms with Crippen LogP contribution in [0.3, 0.4) is 0 Å². The van der Waals surface area contributed by atoms with E-state index in [2.05, 4.69) is 19.6 Å². The fraction of sp³-hybridized carbons (Fsp3) is 0.750. The van der Waals surface area contributed by atoms with Gasteiger partial charge >= 0.3 is 11.9 Å². The summed E-state index contributed by atoms with van der Waals surface area (Å²) in [4.78, 5) is 22.9. The van der Waals surface area contributed by atoms with Crippen LogP contribution in [-0.2, 0) is 19.1 Å². The van der Waals surface area contributed by atoms with Gasteiger partial charge in [0.05, 0.1) is 19.1 Å². The molecule has 0 rings (SSSR count). The first-order valence-electron chi connectivity index (χ1n) is 8.10. The highest BCUT2D eigenvalue weighted by molar-refractivity contribution is 6.76. The molecule has 0 amide bonds. The number of alkyl halides is 3. The number of rotatable bonds is 11. The third-order valence-electron chi connectivity index (χ3n) is 3.00. The Balaban J connectivity index is 3.80. The Kier molecular flexibility index (Phi) is 12.0. The molecule has 0 spiro atoms. The summed E-state index contributed by atoms with van der Waals surface area (Å²) in [6.45, 7) is 6.72. The van der Waals surface area contributed by atoms with Crippen molar-refractivity contribution >= 4 is 54.8 Å². The highest BCUT2D eigenvalue weighted by Gasteiger charge is 2.21. The Labute approximate surface area is 165 Å². The molecular formula is C16H27Cl3O5Si. The normalized spacial score (nSPS) is 13.7. The zero-order valence-corrected chi connectivity index (χ0v) is 18.2. The molecule has 25 heavy (non-hydrogen) atoms. The smallest absolute Gasteiger partial charge is 0.308 e. The van der Waals surface area contributed by atoms with Crippen LogP contribution in [0.4, 0.5) is 0 Å². The van der Waals surface area contributed by atoms with Crippen molar-refractivity contribution in [2.75, 3.05) is 13.2 Å². The number of esters is 2. The Morgan fingerprint density at radius 2 is 1.76 bits per heavy atom. The molecule has 1 N–H and O–H groups in total. The summed E-state index contributed by atoms with van der Waals surface area (Å²) >= 11 is 16.4. The van der Waals surface area contributed by atoms with Crippen molar-refractivity contribution in [3.8, 4) is 0 Å². The van der Waals surface area contributed by atoms with Gasteiger partial charge in [-0.15, -0.1) is 0 Å². The zero-order chi connectivity index (χ0) is 19.5. The molecule has 0 radical (unpaired) electrons. The van der Waals surface area contributed by atoms with E-state index in [1.54, 1.807) is 12.2 Å². The fourth-order valence-electron chi connectivity index (χ4n) is 1.61. The predicted octanol–water partition coefficient (Wildman–Crippen LogP) is 4.26. The maximum Gasteiger partial charge on any atom is 0.308 e. The van der Waals surface area contributed by atoms with Crippen molar-refractivity contribution < 1.29 is 24.2 Å². The largest absolute Gasteiger partial charge is 0.466 e. The Bertz CT molecular complexity index is 444. The van der Waals surface area contributed by atoms with Crippen molar-refractivity contribution in [1.82, 2.24) is 0 Å². The number of aliphatic hydroxyl groups excluding tert-OH is 1. The first-order chi connectivity index (χ1) is 11.4. The number of hydrogen-bond donors (Lipinski definition) is 1. The molecular weight excluding hydrogens is 407 g/mol. The van der Waals surface area contributed by atoms with E-state index in [-0.39, 0.29) is 19.4 Å². The lowest BCUT2D eigenvalue weighted by molar-refractivity contribution is -0.145. The molecule has 0 aromatic heterocycles. The summed E-state index contributed by atoms with van der Waals surface area (Å²) in [5.74, 6) is -0.864. The number of halogens is 3. The SMILES string of the molecule is C[Si](C)(C)CCOC(=O)C[C@H](O)C/C=C\CCC(=O)OCC(Cl)(Cl)Cl. The average Bonchev–Trinajstić information content (AvgIpc) is 2.42. The molecule has 0 aliphatic carbocycles. The van der Waals surface area contributed by atoms with E-state index in [9.17, 15) is 14.7 Å². The first kappa shape index (κ1) is 24.7. The summed E-state index contributed by atoms with van der Waals surface area (Å²) in [5, 5.41) is 9.78. The quantitative estimate of drug-likeness (QED) is 0.228. The zero-order valence-electron chi connectivity index (χ0n) is 14.9. The molecule has 0 aliphatic rings. The number of aliphatic hydroxyl groups is 1. The van der Waals surface area contributed by atoms with Gasteiger partial charge in [-0.3, -0.25) is 9.59 Å².